The summed E-state index contributed by atoms with van der Waals surface area (Å²) in [4.78, 5) is 0. The van der Waals surface area contributed by atoms with Gasteiger partial charge in [-0.1, -0.05) is 0 Å². The number of allylic oxidation sites excluding steroid dienone is 4. The molecule has 2 aromatic rings. The van der Waals surface area contributed by atoms with Gasteiger partial charge in [0.2, 0.25) is 0 Å². The molecule has 0 N–H and O–H groups in total. The van der Waals surface area contributed by atoms with Crippen LogP contribution >= 0.6 is 0 Å². The Labute approximate surface area is 143 Å². The minimum atomic E-state index is -0.591. The quantitative estimate of drug-likeness (QED) is 0.671. The Morgan fingerprint density at radius 2 is 1.73 bits per heavy atom. The molecule has 0 amide bonds. The zero-order chi connectivity index (χ0) is 15.1. The predicted octanol–water partition coefficient (Wildman–Crippen LogP) is 5.39. The maximum absolute atomic E-state index is 2.36. The molecule has 1 unspecified atom stereocenters. The monoisotopic (exact) mass is 361 g/mol. The van der Waals surface area contributed by atoms with Gasteiger partial charge in [0.25, 0.3) is 0 Å². The van der Waals surface area contributed by atoms with Crippen molar-refractivity contribution in [1.82, 2.24) is 0 Å². The fraction of sp³-hybridized carbons (Fsp3) is 0.190. The van der Waals surface area contributed by atoms with Crippen LogP contribution < -0.4 is 0 Å². The van der Waals surface area contributed by atoms with E-state index >= 15 is 0 Å². The van der Waals surface area contributed by atoms with E-state index in [-0.39, 0.29) is 0 Å². The van der Waals surface area contributed by atoms with E-state index in [4.69, 9.17) is 0 Å². The molecule has 1 heteroatoms. The summed E-state index contributed by atoms with van der Waals surface area (Å²) in [6.07, 6.45) is 7.84. The van der Waals surface area contributed by atoms with Gasteiger partial charge in [0.1, 0.15) is 0 Å². The fourth-order valence-corrected chi connectivity index (χ4v) is 7.17. The van der Waals surface area contributed by atoms with Gasteiger partial charge in [-0.2, -0.15) is 0 Å². The summed E-state index contributed by atoms with van der Waals surface area (Å²) in [5.74, 6) is 0. The van der Waals surface area contributed by atoms with Crippen molar-refractivity contribution in [3.8, 4) is 11.1 Å². The predicted molar refractivity (Wildman–Crippen MR) is 91.8 cm³/mol. The molecule has 0 aliphatic heterocycles. The van der Waals surface area contributed by atoms with Crippen LogP contribution in [0.1, 0.15) is 40.6 Å². The van der Waals surface area contributed by atoms with Crippen LogP contribution in [0.15, 0.2) is 60.7 Å². The number of fused-ring (bicyclic) bond motifs is 3. The van der Waals surface area contributed by atoms with Crippen molar-refractivity contribution >= 4 is 8.78 Å². The second-order valence-electron chi connectivity index (χ2n) is 6.26. The van der Waals surface area contributed by atoms with Crippen molar-refractivity contribution in [1.29, 1.82) is 0 Å². The normalized spacial score (nSPS) is 17.7. The molecule has 0 radical (unpaired) electrons. The van der Waals surface area contributed by atoms with Crippen molar-refractivity contribution < 1.29 is 22.8 Å². The maximum atomic E-state index is 2.36. The van der Waals surface area contributed by atoms with E-state index in [0.717, 1.165) is 6.42 Å². The van der Waals surface area contributed by atoms with Gasteiger partial charge in [-0.25, -0.2) is 0 Å². The van der Waals surface area contributed by atoms with Crippen molar-refractivity contribution in [3.05, 3.63) is 77.4 Å². The molecule has 1 atom stereocenters. The summed E-state index contributed by atoms with van der Waals surface area (Å²) in [6.45, 7) is 4.65. The summed E-state index contributed by atoms with van der Waals surface area (Å²) in [5, 5.41) is 0. The first kappa shape index (κ1) is 14.3. The third-order valence-electron chi connectivity index (χ3n) is 4.51. The van der Waals surface area contributed by atoms with E-state index in [2.05, 4.69) is 74.5 Å². The standard InChI is InChI=1S/C18H13.C3H6.Zr/c1-2-7-13(6-1)15-10-5-11-17-16-9-4-3-8-14(16)12-18(15)17;1-3-2;/h1-6,8-12H,7H2;1-2H3;. The van der Waals surface area contributed by atoms with Gasteiger partial charge in [-0.15, -0.1) is 0 Å². The number of rotatable bonds is 2. The Morgan fingerprint density at radius 3 is 2.50 bits per heavy atom. The molecule has 22 heavy (non-hydrogen) atoms. The molecular weight excluding hydrogens is 343 g/mol. The zero-order valence-electron chi connectivity index (χ0n) is 13.1. The van der Waals surface area contributed by atoms with Crippen molar-refractivity contribution in [2.75, 3.05) is 0 Å². The Kier molecular flexibility index (Phi) is 3.70. The first-order valence-electron chi connectivity index (χ1n) is 7.90. The molecule has 0 aromatic heterocycles. The topological polar surface area (TPSA) is 0 Å². The molecule has 2 aromatic carbocycles. The number of benzene rings is 2. The van der Waals surface area contributed by atoms with E-state index in [1.54, 1.807) is 14.3 Å². The van der Waals surface area contributed by atoms with E-state index in [1.165, 1.54) is 22.3 Å². The average Bonchev–Trinajstić information content (AvgIpc) is 3.15. The van der Waals surface area contributed by atoms with Gasteiger partial charge in [0.15, 0.2) is 0 Å². The van der Waals surface area contributed by atoms with Gasteiger partial charge < -0.3 is 0 Å². The van der Waals surface area contributed by atoms with Gasteiger partial charge in [0.05, 0.1) is 0 Å². The summed E-state index contributed by atoms with van der Waals surface area (Å²) < 4.78 is 2.35. The fourth-order valence-electron chi connectivity index (χ4n) is 3.63. The van der Waals surface area contributed by atoms with Crippen LogP contribution in [-0.4, -0.2) is 3.21 Å². The van der Waals surface area contributed by atoms with Crippen LogP contribution in [0.5, 0.6) is 0 Å². The molecular formula is C21H19Zr. The number of hydrogen-bond donors (Lipinski definition) is 0. The van der Waals surface area contributed by atoms with Crippen LogP contribution in [0.25, 0.3) is 16.7 Å². The molecule has 0 spiro atoms. The zero-order valence-corrected chi connectivity index (χ0v) is 15.5. The summed E-state index contributed by atoms with van der Waals surface area (Å²) in [7, 11) is 0. The van der Waals surface area contributed by atoms with Crippen molar-refractivity contribution in [3.63, 3.8) is 0 Å². The minimum absolute atomic E-state index is 0.591. The van der Waals surface area contributed by atoms with Crippen LogP contribution in [0.3, 0.4) is 0 Å². The second kappa shape index (κ2) is 5.71. The molecule has 0 nitrogen and oxygen atoms in total. The summed E-state index contributed by atoms with van der Waals surface area (Å²) >= 11 is -0.591. The Morgan fingerprint density at radius 1 is 0.955 bits per heavy atom. The molecule has 2 aliphatic carbocycles. The second-order valence-corrected chi connectivity index (χ2v) is 10.8. The van der Waals surface area contributed by atoms with Gasteiger partial charge >= 0.3 is 144 Å². The summed E-state index contributed by atoms with van der Waals surface area (Å²) in [5.41, 5.74) is 9.12. The SMILES string of the molecule is C[C](C)=[Zr][CH]1c2ccccc2-c2cccc(C3=CC=CC3)c21. The first-order chi connectivity index (χ1) is 10.8. The van der Waals surface area contributed by atoms with Crippen LogP contribution in [0.4, 0.5) is 0 Å². The third kappa shape index (κ3) is 2.27. The van der Waals surface area contributed by atoms with E-state index < -0.39 is 22.8 Å². The van der Waals surface area contributed by atoms with Crippen LogP contribution in [-0.2, 0) is 22.8 Å². The van der Waals surface area contributed by atoms with Crippen molar-refractivity contribution in [2.45, 2.75) is 23.9 Å². The van der Waals surface area contributed by atoms with Gasteiger partial charge in [0, 0.05) is 0 Å². The molecule has 0 saturated carbocycles. The Hall–Kier alpha value is -1.33. The first-order valence-corrected chi connectivity index (χ1v) is 10.6. The molecule has 4 rings (SSSR count). The van der Waals surface area contributed by atoms with Crippen LogP contribution in [0, 0.1) is 0 Å². The molecule has 0 fully saturated rings. The van der Waals surface area contributed by atoms with E-state index in [1.807, 2.05) is 0 Å². The number of hydrogen-bond acceptors (Lipinski definition) is 0. The van der Waals surface area contributed by atoms with Gasteiger partial charge in [-0.05, 0) is 0 Å². The van der Waals surface area contributed by atoms with Crippen molar-refractivity contribution in [2.24, 2.45) is 0 Å². The Bertz CT molecular complexity index is 833. The van der Waals surface area contributed by atoms with Crippen LogP contribution in [0.2, 0.25) is 0 Å². The molecule has 2 aliphatic rings. The third-order valence-corrected chi connectivity index (χ3v) is 8.11. The molecule has 0 bridgehead atoms. The molecule has 0 saturated heterocycles. The average molecular weight is 363 g/mol. The van der Waals surface area contributed by atoms with Gasteiger partial charge in [-0.3, -0.25) is 0 Å². The Balaban J connectivity index is 1.98. The van der Waals surface area contributed by atoms with E-state index in [0.29, 0.717) is 3.63 Å². The molecule has 0 heterocycles. The molecule has 107 valence electrons. The summed E-state index contributed by atoms with van der Waals surface area (Å²) in [6, 6.07) is 15.9. The van der Waals surface area contributed by atoms with E-state index in [9.17, 15) is 0 Å².